The van der Waals surface area contributed by atoms with Crippen LogP contribution in [-0.4, -0.2) is 12.3 Å². The van der Waals surface area contributed by atoms with Gasteiger partial charge in [0, 0.05) is 26.0 Å². The summed E-state index contributed by atoms with van der Waals surface area (Å²) in [5.74, 6) is 1.06. The average molecular weight is 370 g/mol. The van der Waals surface area contributed by atoms with Crippen LogP contribution in [0.2, 0.25) is 0 Å². The van der Waals surface area contributed by atoms with Crippen LogP contribution >= 0.6 is 39.0 Å². The molecule has 1 aromatic heterocycles. The van der Waals surface area contributed by atoms with Crippen LogP contribution in [0.4, 0.5) is 0 Å². The molecule has 0 aliphatic rings. The molecule has 0 saturated heterocycles. The fourth-order valence-corrected chi connectivity index (χ4v) is 4.49. The SMILES string of the molecule is CCCNC(CSc1ccccc1Br)c1ccsc1C. The van der Waals surface area contributed by atoms with Crippen molar-refractivity contribution in [3.8, 4) is 0 Å². The van der Waals surface area contributed by atoms with Crippen molar-refractivity contribution >= 4 is 39.0 Å². The molecule has 2 aromatic rings. The first-order chi connectivity index (χ1) is 9.72. The van der Waals surface area contributed by atoms with Gasteiger partial charge in [-0.3, -0.25) is 0 Å². The Morgan fingerprint density at radius 2 is 2.10 bits per heavy atom. The van der Waals surface area contributed by atoms with E-state index in [2.05, 4.69) is 70.8 Å². The standard InChI is InChI=1S/C16H20BrNS2/c1-3-9-18-15(13-8-10-19-12(13)2)11-20-16-7-5-4-6-14(16)17/h4-8,10,15,18H,3,9,11H2,1-2H3. The summed E-state index contributed by atoms with van der Waals surface area (Å²) < 4.78 is 1.18. The van der Waals surface area contributed by atoms with Crippen LogP contribution in [0.1, 0.15) is 29.8 Å². The Labute approximate surface area is 138 Å². The molecule has 0 aliphatic carbocycles. The molecule has 1 atom stereocenters. The van der Waals surface area contributed by atoms with Crippen molar-refractivity contribution in [2.24, 2.45) is 0 Å². The van der Waals surface area contributed by atoms with Crippen LogP contribution in [0.3, 0.4) is 0 Å². The molecule has 1 unspecified atom stereocenters. The Balaban J connectivity index is 2.05. The van der Waals surface area contributed by atoms with Crippen molar-refractivity contribution in [2.45, 2.75) is 31.2 Å². The average Bonchev–Trinajstić information content (AvgIpc) is 2.87. The van der Waals surface area contributed by atoms with Gasteiger partial charge in [-0.2, -0.15) is 0 Å². The molecule has 0 amide bonds. The molecule has 1 heterocycles. The van der Waals surface area contributed by atoms with Gasteiger partial charge in [-0.05, 0) is 65.0 Å². The summed E-state index contributed by atoms with van der Waals surface area (Å²) in [4.78, 5) is 2.73. The molecule has 2 rings (SSSR count). The van der Waals surface area contributed by atoms with E-state index >= 15 is 0 Å². The number of aryl methyl sites for hydroxylation is 1. The van der Waals surface area contributed by atoms with Crippen molar-refractivity contribution in [3.63, 3.8) is 0 Å². The molecule has 1 N–H and O–H groups in total. The second-order valence-electron chi connectivity index (χ2n) is 4.68. The molecular weight excluding hydrogens is 350 g/mol. The molecule has 1 nitrogen and oxygen atoms in total. The molecular formula is C16H20BrNS2. The Bertz CT molecular complexity index is 539. The van der Waals surface area contributed by atoms with Gasteiger partial charge in [-0.1, -0.05) is 19.1 Å². The highest BCUT2D eigenvalue weighted by Crippen LogP contribution is 2.32. The number of hydrogen-bond donors (Lipinski definition) is 1. The van der Waals surface area contributed by atoms with Gasteiger partial charge in [0.25, 0.3) is 0 Å². The van der Waals surface area contributed by atoms with Crippen molar-refractivity contribution < 1.29 is 0 Å². The smallest absolute Gasteiger partial charge is 0.0426 e. The quantitative estimate of drug-likeness (QED) is 0.632. The predicted molar refractivity (Wildman–Crippen MR) is 95.0 cm³/mol. The minimum Gasteiger partial charge on any atom is -0.309 e. The number of benzene rings is 1. The summed E-state index contributed by atoms with van der Waals surface area (Å²) in [5, 5.41) is 5.86. The second-order valence-corrected chi connectivity index (χ2v) is 7.72. The van der Waals surface area contributed by atoms with E-state index in [1.165, 1.54) is 26.2 Å². The largest absolute Gasteiger partial charge is 0.309 e. The topological polar surface area (TPSA) is 12.0 Å². The molecule has 0 aliphatic heterocycles. The van der Waals surface area contributed by atoms with Gasteiger partial charge in [0.2, 0.25) is 0 Å². The minimum atomic E-state index is 0.429. The number of thiophene rings is 1. The molecule has 4 heteroatoms. The van der Waals surface area contributed by atoms with Crippen LogP contribution in [0.5, 0.6) is 0 Å². The number of thioether (sulfide) groups is 1. The summed E-state index contributed by atoms with van der Waals surface area (Å²) in [7, 11) is 0. The van der Waals surface area contributed by atoms with Crippen molar-refractivity contribution in [1.82, 2.24) is 5.32 Å². The lowest BCUT2D eigenvalue weighted by Crippen LogP contribution is -2.24. The molecule has 0 fully saturated rings. The zero-order chi connectivity index (χ0) is 14.4. The number of hydrogen-bond acceptors (Lipinski definition) is 3. The fourth-order valence-electron chi connectivity index (χ4n) is 2.07. The van der Waals surface area contributed by atoms with Gasteiger partial charge in [0.05, 0.1) is 0 Å². The summed E-state index contributed by atoms with van der Waals surface area (Å²) in [6.07, 6.45) is 1.17. The van der Waals surface area contributed by atoms with Gasteiger partial charge in [-0.25, -0.2) is 0 Å². The highest BCUT2D eigenvalue weighted by atomic mass is 79.9. The molecule has 20 heavy (non-hydrogen) atoms. The van der Waals surface area contributed by atoms with Gasteiger partial charge in [0.15, 0.2) is 0 Å². The van der Waals surface area contributed by atoms with E-state index in [1.54, 1.807) is 0 Å². The van der Waals surface area contributed by atoms with E-state index in [9.17, 15) is 0 Å². The Hall–Kier alpha value is -0.290. The van der Waals surface area contributed by atoms with E-state index in [0.717, 1.165) is 12.3 Å². The Morgan fingerprint density at radius 1 is 1.30 bits per heavy atom. The lowest BCUT2D eigenvalue weighted by Gasteiger charge is -2.19. The van der Waals surface area contributed by atoms with Crippen LogP contribution in [0.15, 0.2) is 45.1 Å². The maximum atomic E-state index is 3.67. The van der Waals surface area contributed by atoms with E-state index in [0.29, 0.717) is 6.04 Å². The molecule has 0 bridgehead atoms. The Kier molecular flexibility index (Phi) is 6.62. The maximum absolute atomic E-state index is 3.67. The number of halogens is 1. The van der Waals surface area contributed by atoms with E-state index in [4.69, 9.17) is 0 Å². The molecule has 108 valence electrons. The van der Waals surface area contributed by atoms with Crippen LogP contribution < -0.4 is 5.32 Å². The summed E-state index contributed by atoms with van der Waals surface area (Å²) >= 11 is 7.36. The van der Waals surface area contributed by atoms with Crippen molar-refractivity contribution in [1.29, 1.82) is 0 Å². The number of rotatable bonds is 7. The van der Waals surface area contributed by atoms with E-state index < -0.39 is 0 Å². The van der Waals surface area contributed by atoms with Crippen LogP contribution in [0.25, 0.3) is 0 Å². The van der Waals surface area contributed by atoms with Crippen LogP contribution in [0, 0.1) is 6.92 Å². The Morgan fingerprint density at radius 3 is 2.75 bits per heavy atom. The van der Waals surface area contributed by atoms with Gasteiger partial charge >= 0.3 is 0 Å². The monoisotopic (exact) mass is 369 g/mol. The first-order valence-corrected chi connectivity index (χ1v) is 9.53. The first kappa shape index (κ1) is 16.1. The highest BCUT2D eigenvalue weighted by Gasteiger charge is 2.15. The summed E-state index contributed by atoms with van der Waals surface area (Å²) in [5.41, 5.74) is 1.45. The highest BCUT2D eigenvalue weighted by molar-refractivity contribution is 9.10. The fraction of sp³-hybridized carbons (Fsp3) is 0.375. The molecule has 0 spiro atoms. The molecule has 1 aromatic carbocycles. The third kappa shape index (κ3) is 4.35. The third-order valence-corrected chi connectivity index (χ3v) is 6.14. The van der Waals surface area contributed by atoms with Gasteiger partial charge in [0.1, 0.15) is 0 Å². The maximum Gasteiger partial charge on any atom is 0.0426 e. The van der Waals surface area contributed by atoms with E-state index in [1.807, 2.05) is 23.1 Å². The second kappa shape index (κ2) is 8.23. The minimum absolute atomic E-state index is 0.429. The summed E-state index contributed by atoms with van der Waals surface area (Å²) in [6.45, 7) is 5.49. The molecule has 0 saturated carbocycles. The predicted octanol–water partition coefficient (Wildman–Crippen LogP) is 5.65. The third-order valence-electron chi connectivity index (χ3n) is 3.16. The zero-order valence-electron chi connectivity index (χ0n) is 11.9. The first-order valence-electron chi connectivity index (χ1n) is 6.87. The van der Waals surface area contributed by atoms with Gasteiger partial charge in [-0.15, -0.1) is 23.1 Å². The van der Waals surface area contributed by atoms with E-state index in [-0.39, 0.29) is 0 Å². The number of nitrogens with one attached hydrogen (secondary N) is 1. The normalized spacial score (nSPS) is 12.6. The van der Waals surface area contributed by atoms with Crippen LogP contribution in [-0.2, 0) is 0 Å². The van der Waals surface area contributed by atoms with Crippen molar-refractivity contribution in [3.05, 3.63) is 50.6 Å². The lowest BCUT2D eigenvalue weighted by molar-refractivity contribution is 0.577. The summed E-state index contributed by atoms with van der Waals surface area (Å²) in [6, 6.07) is 11.1. The lowest BCUT2D eigenvalue weighted by atomic mass is 10.1. The van der Waals surface area contributed by atoms with Gasteiger partial charge < -0.3 is 5.32 Å². The van der Waals surface area contributed by atoms with Crippen molar-refractivity contribution in [2.75, 3.05) is 12.3 Å². The zero-order valence-corrected chi connectivity index (χ0v) is 15.1. The molecule has 0 radical (unpaired) electrons.